The van der Waals surface area contributed by atoms with Gasteiger partial charge in [-0.05, 0) is 43.2 Å². The van der Waals surface area contributed by atoms with Crippen molar-refractivity contribution in [2.24, 2.45) is 5.41 Å². The van der Waals surface area contributed by atoms with E-state index in [0.717, 1.165) is 31.1 Å². The summed E-state index contributed by atoms with van der Waals surface area (Å²) in [5.74, 6) is 1.98. The number of nitrogen functional groups attached to an aromatic ring is 1. The van der Waals surface area contributed by atoms with Gasteiger partial charge in [-0.1, -0.05) is 30.3 Å². The average molecular weight is 377 g/mol. The Morgan fingerprint density at radius 3 is 2.71 bits per heavy atom. The van der Waals surface area contributed by atoms with Crippen LogP contribution in [0.5, 0.6) is 0 Å². The van der Waals surface area contributed by atoms with Gasteiger partial charge >= 0.3 is 0 Å². The van der Waals surface area contributed by atoms with Gasteiger partial charge in [0.25, 0.3) is 0 Å². The number of piperidine rings is 2. The number of rotatable bonds is 2. The van der Waals surface area contributed by atoms with Gasteiger partial charge < -0.3 is 15.5 Å². The summed E-state index contributed by atoms with van der Waals surface area (Å²) in [6, 6.07) is 13.0. The molecule has 1 atom stereocenters. The van der Waals surface area contributed by atoms with Crippen molar-refractivity contribution < 1.29 is 0 Å². The Bertz CT molecular complexity index is 959. The van der Waals surface area contributed by atoms with Gasteiger partial charge in [-0.3, -0.25) is 4.40 Å². The van der Waals surface area contributed by atoms with Gasteiger partial charge in [0, 0.05) is 32.2 Å². The van der Waals surface area contributed by atoms with Crippen molar-refractivity contribution in [2.45, 2.75) is 25.2 Å². The maximum atomic E-state index is 6.08. The van der Waals surface area contributed by atoms with Crippen molar-refractivity contribution >= 4 is 17.4 Å². The lowest BCUT2D eigenvalue weighted by Gasteiger charge is -2.49. The summed E-state index contributed by atoms with van der Waals surface area (Å²) in [5.41, 5.74) is 8.70. The molecule has 0 amide bonds. The van der Waals surface area contributed by atoms with Crippen LogP contribution in [0.1, 0.15) is 30.7 Å². The van der Waals surface area contributed by atoms with E-state index in [1.54, 1.807) is 10.7 Å². The zero-order valence-electron chi connectivity index (χ0n) is 16.3. The predicted octanol–water partition coefficient (Wildman–Crippen LogP) is 2.41. The third-order valence-corrected chi connectivity index (χ3v) is 6.54. The Balaban J connectivity index is 1.33. The first-order valence-corrected chi connectivity index (χ1v) is 10.1. The summed E-state index contributed by atoms with van der Waals surface area (Å²) >= 11 is 0. The van der Waals surface area contributed by atoms with Crippen molar-refractivity contribution in [3.8, 4) is 0 Å². The second-order valence-electron chi connectivity index (χ2n) is 8.53. The number of nitrogens with two attached hydrogens (primary N) is 1. The maximum Gasteiger partial charge on any atom is 0.209 e. The van der Waals surface area contributed by atoms with Crippen molar-refractivity contribution in [1.29, 1.82) is 0 Å². The quantitative estimate of drug-likeness (QED) is 0.739. The summed E-state index contributed by atoms with van der Waals surface area (Å²) in [7, 11) is 2.27. The fourth-order valence-electron chi connectivity index (χ4n) is 5.19. The predicted molar refractivity (Wildman–Crippen MR) is 110 cm³/mol. The van der Waals surface area contributed by atoms with Crippen LogP contribution in [0.2, 0.25) is 0 Å². The molecule has 2 N–H and O–H groups in total. The molecule has 0 aliphatic carbocycles. The van der Waals surface area contributed by atoms with E-state index in [-0.39, 0.29) is 0 Å². The van der Waals surface area contributed by atoms with Crippen LogP contribution in [0, 0.1) is 5.41 Å². The Hall–Kier alpha value is -2.67. The number of benzene rings is 1. The first kappa shape index (κ1) is 17.4. The largest absolute Gasteiger partial charge is 0.369 e. The van der Waals surface area contributed by atoms with Crippen LogP contribution in [0.4, 0.5) is 11.8 Å². The highest BCUT2D eigenvalue weighted by Crippen LogP contribution is 2.45. The first-order valence-electron chi connectivity index (χ1n) is 10.1. The van der Waals surface area contributed by atoms with Crippen LogP contribution >= 0.6 is 0 Å². The zero-order valence-corrected chi connectivity index (χ0v) is 16.3. The topological polar surface area (TPSA) is 75.6 Å². The molecule has 2 aromatic heterocycles. The van der Waals surface area contributed by atoms with Gasteiger partial charge in [0.05, 0.1) is 0 Å². The van der Waals surface area contributed by atoms with Crippen LogP contribution in [0.25, 0.3) is 5.65 Å². The summed E-state index contributed by atoms with van der Waals surface area (Å²) in [6.45, 7) is 4.35. The molecule has 4 heterocycles. The van der Waals surface area contributed by atoms with Gasteiger partial charge in [0.1, 0.15) is 12.1 Å². The minimum Gasteiger partial charge on any atom is -0.369 e. The molecule has 0 saturated carbocycles. The summed E-state index contributed by atoms with van der Waals surface area (Å²) in [5, 5.41) is 8.06. The second kappa shape index (κ2) is 6.74. The monoisotopic (exact) mass is 377 g/mol. The molecule has 5 rings (SSSR count). The van der Waals surface area contributed by atoms with Crippen molar-refractivity contribution in [2.75, 3.05) is 43.9 Å². The third kappa shape index (κ3) is 3.09. The van der Waals surface area contributed by atoms with Gasteiger partial charge in [-0.15, -0.1) is 10.2 Å². The first-order chi connectivity index (χ1) is 13.6. The molecule has 7 nitrogen and oxygen atoms in total. The highest BCUT2D eigenvalue weighted by molar-refractivity contribution is 5.55. The van der Waals surface area contributed by atoms with Crippen LogP contribution in [-0.2, 0) is 0 Å². The fraction of sp³-hybridized carbons (Fsp3) is 0.476. The molecule has 2 fully saturated rings. The van der Waals surface area contributed by atoms with E-state index >= 15 is 0 Å². The molecule has 3 aromatic rings. The van der Waals surface area contributed by atoms with Crippen LogP contribution in [0.3, 0.4) is 0 Å². The van der Waals surface area contributed by atoms with Gasteiger partial charge in [0.15, 0.2) is 5.65 Å². The molecule has 0 radical (unpaired) electrons. The van der Waals surface area contributed by atoms with E-state index in [1.165, 1.54) is 31.4 Å². The number of anilines is 2. The maximum absolute atomic E-state index is 6.08. The lowest BCUT2D eigenvalue weighted by Crippen LogP contribution is -2.50. The summed E-state index contributed by atoms with van der Waals surface area (Å²) in [6.07, 6.45) is 5.24. The van der Waals surface area contributed by atoms with E-state index < -0.39 is 0 Å². The molecule has 0 bridgehead atoms. The van der Waals surface area contributed by atoms with Crippen molar-refractivity contribution in [3.63, 3.8) is 0 Å². The van der Waals surface area contributed by atoms with Crippen molar-refractivity contribution in [3.05, 3.63) is 48.3 Å². The van der Waals surface area contributed by atoms with Crippen LogP contribution in [0.15, 0.2) is 42.7 Å². The van der Waals surface area contributed by atoms with Gasteiger partial charge in [0.2, 0.25) is 5.95 Å². The number of aromatic nitrogens is 4. The van der Waals surface area contributed by atoms with Gasteiger partial charge in [-0.25, -0.2) is 0 Å². The number of hydrogen-bond acceptors (Lipinski definition) is 6. The Kier molecular flexibility index (Phi) is 4.19. The lowest BCUT2D eigenvalue weighted by molar-refractivity contribution is 0.0671. The van der Waals surface area contributed by atoms with E-state index in [0.29, 0.717) is 17.3 Å². The molecule has 28 heavy (non-hydrogen) atoms. The fourth-order valence-corrected chi connectivity index (χ4v) is 5.19. The molecule has 2 saturated heterocycles. The molecular weight excluding hydrogens is 350 g/mol. The Morgan fingerprint density at radius 1 is 1.14 bits per heavy atom. The highest BCUT2D eigenvalue weighted by atomic mass is 15.3. The van der Waals surface area contributed by atoms with Gasteiger partial charge in [-0.2, -0.15) is 4.98 Å². The number of hydrogen-bond donors (Lipinski definition) is 1. The van der Waals surface area contributed by atoms with E-state index in [4.69, 9.17) is 5.73 Å². The van der Waals surface area contributed by atoms with E-state index in [1.807, 2.05) is 6.07 Å². The molecule has 2 aliphatic rings. The number of nitrogens with zero attached hydrogens (tertiary/aromatic N) is 6. The van der Waals surface area contributed by atoms with E-state index in [2.05, 4.69) is 62.4 Å². The highest BCUT2D eigenvalue weighted by Gasteiger charge is 2.41. The average Bonchev–Trinajstić information content (AvgIpc) is 3.18. The molecule has 1 aromatic carbocycles. The number of fused-ring (bicyclic) bond motifs is 1. The molecule has 146 valence electrons. The Labute approximate surface area is 165 Å². The van der Waals surface area contributed by atoms with Crippen LogP contribution in [-0.4, -0.2) is 57.7 Å². The third-order valence-electron chi connectivity index (χ3n) is 6.54. The smallest absolute Gasteiger partial charge is 0.209 e. The Morgan fingerprint density at radius 2 is 1.93 bits per heavy atom. The lowest BCUT2D eigenvalue weighted by atomic mass is 9.68. The normalized spacial score (nSPS) is 22.8. The molecule has 2 aliphatic heterocycles. The van der Waals surface area contributed by atoms with E-state index in [9.17, 15) is 0 Å². The van der Waals surface area contributed by atoms with Crippen LogP contribution < -0.4 is 10.6 Å². The molecule has 1 spiro atoms. The minimum atomic E-state index is 0.383. The summed E-state index contributed by atoms with van der Waals surface area (Å²) < 4.78 is 1.72. The SMILES string of the molecule is CN1CC(c2ccccc2)CC2(CCN(c3cc4nncn4c(N)n3)CC2)C1. The zero-order chi connectivity index (χ0) is 19.1. The molecule has 1 unspecified atom stereocenters. The minimum absolute atomic E-state index is 0.383. The standard InChI is InChI=1S/C21H27N7/c1-26-13-17(16-5-3-2-4-6-16)12-21(14-26)7-9-27(10-8-21)18-11-19-25-23-15-28(19)20(22)24-18/h2-6,11,15,17H,7-10,12-14H2,1H3,(H2,22,24). The number of likely N-dealkylation sites (tertiary alicyclic amines) is 1. The second-order valence-corrected chi connectivity index (χ2v) is 8.53. The number of likely N-dealkylation sites (N-methyl/N-ethyl adjacent to an activating group) is 1. The summed E-state index contributed by atoms with van der Waals surface area (Å²) in [4.78, 5) is 9.46. The molecular formula is C21H27N7. The van der Waals surface area contributed by atoms with Crippen molar-refractivity contribution in [1.82, 2.24) is 24.5 Å². The molecule has 7 heteroatoms.